The van der Waals surface area contributed by atoms with Crippen LogP contribution in [0.1, 0.15) is 26.5 Å². The molecule has 0 saturated carbocycles. The summed E-state index contributed by atoms with van der Waals surface area (Å²) in [6.45, 7) is 3.55. The number of fused-ring (bicyclic) bond motifs is 3. The summed E-state index contributed by atoms with van der Waals surface area (Å²) in [6, 6.07) is 0. The smallest absolute Gasteiger partial charge is 0.351 e. The second-order valence-electron chi connectivity index (χ2n) is 8.70. The number of aliphatic hydroxyl groups excluding tert-OH is 2. The molecule has 3 fully saturated rings. The van der Waals surface area contributed by atoms with Crippen molar-refractivity contribution in [2.75, 3.05) is 26.0 Å². The highest BCUT2D eigenvalue weighted by Crippen LogP contribution is 2.51. The molecule has 2 aromatic rings. The van der Waals surface area contributed by atoms with Gasteiger partial charge in [-0.1, -0.05) is 0 Å². The van der Waals surface area contributed by atoms with Crippen LogP contribution in [0.25, 0.3) is 11.2 Å². The number of ether oxygens (including phenoxy) is 4. The third-order valence-electron chi connectivity index (χ3n) is 6.75. The molecule has 2 aromatic heterocycles. The first-order valence-electron chi connectivity index (χ1n) is 10.8. The lowest BCUT2D eigenvalue weighted by Crippen LogP contribution is -2.61. The lowest BCUT2D eigenvalue weighted by molar-refractivity contribution is -0.178. The maximum atomic E-state index is 13.5. The van der Waals surface area contributed by atoms with E-state index in [1.807, 2.05) is 0 Å². The van der Waals surface area contributed by atoms with Crippen molar-refractivity contribution in [3.05, 3.63) is 12.7 Å². The van der Waals surface area contributed by atoms with E-state index >= 15 is 0 Å². The lowest BCUT2D eigenvalue weighted by atomic mass is 9.88. The van der Waals surface area contributed by atoms with Gasteiger partial charge in [-0.15, -0.1) is 0 Å². The normalized spacial score (nSPS) is 37.1. The highest BCUT2D eigenvalue weighted by Gasteiger charge is 2.74. The fourth-order valence-electron chi connectivity index (χ4n) is 5.12. The molecule has 0 aromatic carbocycles. The molecule has 34 heavy (non-hydrogen) atoms. The Hall–Kier alpha value is -2.91. The van der Waals surface area contributed by atoms with Crippen molar-refractivity contribution in [3.63, 3.8) is 0 Å². The number of carbonyl (C=O) groups excluding carboxylic acids is 2. The van der Waals surface area contributed by atoms with Crippen LogP contribution in [0.5, 0.6) is 0 Å². The Morgan fingerprint density at radius 1 is 1.32 bits per heavy atom. The van der Waals surface area contributed by atoms with Crippen LogP contribution in [0.3, 0.4) is 0 Å². The van der Waals surface area contributed by atoms with Crippen molar-refractivity contribution in [1.29, 1.82) is 0 Å². The van der Waals surface area contributed by atoms with E-state index in [9.17, 15) is 19.8 Å². The molecule has 2 bridgehead atoms. The minimum atomic E-state index is -1.93. The first-order chi connectivity index (χ1) is 16.2. The average molecular weight is 478 g/mol. The second kappa shape index (κ2) is 7.81. The molecule has 5 rings (SSSR count). The topological polar surface area (TPSA) is 184 Å². The van der Waals surface area contributed by atoms with Gasteiger partial charge in [0, 0.05) is 13.0 Å². The first-order valence-corrected chi connectivity index (χ1v) is 10.8. The number of nitrogen functional groups attached to an aromatic ring is 1. The van der Waals surface area contributed by atoms with Gasteiger partial charge in [-0.05, 0) is 13.8 Å². The molecule has 3 saturated heterocycles. The minimum absolute atomic E-state index is 0.147. The van der Waals surface area contributed by atoms with Gasteiger partial charge < -0.3 is 39.8 Å². The number of hydrogen-bond donors (Lipinski definition) is 3. The van der Waals surface area contributed by atoms with E-state index in [2.05, 4.69) is 15.0 Å². The molecule has 3 aliphatic heterocycles. The molecule has 14 nitrogen and oxygen atoms in total. The number of methoxy groups -OCH3 is 1. The van der Waals surface area contributed by atoms with Crippen molar-refractivity contribution >= 4 is 28.9 Å². The summed E-state index contributed by atoms with van der Waals surface area (Å²) in [5, 5.41) is 21.5. The van der Waals surface area contributed by atoms with E-state index in [4.69, 9.17) is 24.7 Å². The number of likely N-dealkylation sites (tertiary alicyclic amines) is 1. The summed E-state index contributed by atoms with van der Waals surface area (Å²) in [6.07, 6.45) is -2.71. The number of nitrogens with zero attached hydrogens (tertiary/aromatic N) is 5. The predicted octanol–water partition coefficient (Wildman–Crippen LogP) is -1.68. The molecular weight excluding hydrogens is 452 g/mol. The van der Waals surface area contributed by atoms with Crippen molar-refractivity contribution in [2.24, 2.45) is 0 Å². The molecule has 5 heterocycles. The van der Waals surface area contributed by atoms with Crippen molar-refractivity contribution in [1.82, 2.24) is 24.4 Å². The van der Waals surface area contributed by atoms with Crippen LogP contribution in [0.2, 0.25) is 0 Å². The number of anilines is 1. The molecule has 184 valence electrons. The van der Waals surface area contributed by atoms with Gasteiger partial charge in [-0.25, -0.2) is 19.7 Å². The van der Waals surface area contributed by atoms with Gasteiger partial charge in [-0.3, -0.25) is 9.36 Å². The molecule has 0 aliphatic carbocycles. The standard InChI is InChI=1S/C20H26N6O8/c1-4-32-10-5-19(2)26(17(29)20(10,34-19)18(30)31-3)6-9-12(27)13(28)16(33-9)25-8-24-11-14(21)22-7-23-15(11)25/h7-10,12-13,16,27-28H,4-6H2,1-3H3,(H2,21,22,23)/t9-,10+,12-,13-,16-,19+,20-/m1/s1. The maximum Gasteiger partial charge on any atom is 0.351 e. The minimum Gasteiger partial charge on any atom is -0.466 e. The van der Waals surface area contributed by atoms with Crippen LogP contribution in [0.15, 0.2) is 12.7 Å². The Morgan fingerprint density at radius 2 is 2.09 bits per heavy atom. The monoisotopic (exact) mass is 478 g/mol. The van der Waals surface area contributed by atoms with Gasteiger partial charge in [0.05, 0.1) is 20.0 Å². The Bertz CT molecular complexity index is 1140. The van der Waals surface area contributed by atoms with Crippen LogP contribution in [-0.2, 0) is 28.5 Å². The number of esters is 1. The van der Waals surface area contributed by atoms with E-state index in [-0.39, 0.29) is 25.4 Å². The lowest BCUT2D eigenvalue weighted by Gasteiger charge is -2.38. The number of nitrogens with two attached hydrogens (primary N) is 1. The highest BCUT2D eigenvalue weighted by atomic mass is 16.6. The Balaban J connectivity index is 1.41. The quantitative estimate of drug-likeness (QED) is 0.317. The van der Waals surface area contributed by atoms with E-state index in [0.717, 1.165) is 0 Å². The fraction of sp³-hybridized carbons (Fsp3) is 0.650. The summed E-state index contributed by atoms with van der Waals surface area (Å²) in [4.78, 5) is 39.6. The van der Waals surface area contributed by atoms with E-state index in [1.54, 1.807) is 13.8 Å². The van der Waals surface area contributed by atoms with E-state index in [0.29, 0.717) is 11.2 Å². The number of aliphatic hydroxyl groups is 2. The van der Waals surface area contributed by atoms with Crippen LogP contribution >= 0.6 is 0 Å². The zero-order chi connectivity index (χ0) is 24.4. The molecule has 1 amide bonds. The van der Waals surface area contributed by atoms with Gasteiger partial charge in [0.2, 0.25) is 0 Å². The Labute approximate surface area is 193 Å². The molecule has 0 unspecified atom stereocenters. The zero-order valence-electron chi connectivity index (χ0n) is 18.8. The van der Waals surface area contributed by atoms with Crippen LogP contribution in [0, 0.1) is 0 Å². The number of aromatic nitrogens is 4. The van der Waals surface area contributed by atoms with E-state index < -0.39 is 53.8 Å². The van der Waals surface area contributed by atoms with Crippen LogP contribution < -0.4 is 5.73 Å². The molecule has 3 aliphatic rings. The van der Waals surface area contributed by atoms with Gasteiger partial charge in [0.1, 0.15) is 42.0 Å². The average Bonchev–Trinajstić information content (AvgIpc) is 3.50. The molecule has 0 spiro atoms. The molecule has 4 N–H and O–H groups in total. The van der Waals surface area contributed by atoms with E-state index in [1.165, 1.54) is 29.2 Å². The Morgan fingerprint density at radius 3 is 2.79 bits per heavy atom. The first kappa shape index (κ1) is 22.9. The summed E-state index contributed by atoms with van der Waals surface area (Å²) < 4.78 is 23.9. The van der Waals surface area contributed by atoms with Crippen molar-refractivity contribution in [2.45, 2.75) is 62.2 Å². The number of imidazole rings is 1. The van der Waals surface area contributed by atoms with Crippen molar-refractivity contribution in [3.8, 4) is 0 Å². The molecule has 0 radical (unpaired) electrons. The van der Waals surface area contributed by atoms with Crippen LogP contribution in [-0.4, -0.2) is 103 Å². The van der Waals surface area contributed by atoms with Crippen molar-refractivity contribution < 1.29 is 38.7 Å². The maximum absolute atomic E-state index is 13.5. The SMILES string of the molecule is CCO[C@H]1C[C@]2(C)O[C@@]1(C(=O)OC)C(=O)N2C[C@H]1O[C@@H](n2cnc3c(N)ncnc32)[C@H](O)[C@@H]1O. The van der Waals surface area contributed by atoms with Gasteiger partial charge in [0.15, 0.2) is 17.7 Å². The third kappa shape index (κ3) is 2.96. The van der Waals surface area contributed by atoms with Gasteiger partial charge in [0.25, 0.3) is 11.5 Å². The number of carbonyl (C=O) groups is 2. The Kier molecular flexibility index (Phi) is 5.25. The second-order valence-corrected chi connectivity index (χ2v) is 8.70. The summed E-state index contributed by atoms with van der Waals surface area (Å²) >= 11 is 0. The number of rotatable bonds is 6. The fourth-order valence-corrected chi connectivity index (χ4v) is 5.12. The summed E-state index contributed by atoms with van der Waals surface area (Å²) in [5.41, 5.74) is 3.34. The largest absolute Gasteiger partial charge is 0.466 e. The molecular formula is C20H26N6O8. The number of amides is 1. The highest BCUT2D eigenvalue weighted by molar-refractivity contribution is 6.09. The number of hydrogen-bond acceptors (Lipinski definition) is 12. The molecule has 14 heteroatoms. The zero-order valence-corrected chi connectivity index (χ0v) is 18.8. The summed E-state index contributed by atoms with van der Waals surface area (Å²) in [5.74, 6) is -1.34. The predicted molar refractivity (Wildman–Crippen MR) is 112 cm³/mol. The van der Waals surface area contributed by atoms with Gasteiger partial charge in [-0.2, -0.15) is 0 Å². The molecule has 7 atom stereocenters. The number of piperidine rings is 1. The summed E-state index contributed by atoms with van der Waals surface area (Å²) in [7, 11) is 1.17. The van der Waals surface area contributed by atoms with Gasteiger partial charge >= 0.3 is 5.97 Å². The van der Waals surface area contributed by atoms with Crippen LogP contribution in [0.4, 0.5) is 5.82 Å². The third-order valence-corrected chi connectivity index (χ3v) is 6.75.